The van der Waals surface area contributed by atoms with E-state index in [9.17, 15) is 4.79 Å². The molecule has 0 fully saturated rings. The molecule has 0 aliphatic heterocycles. The first-order valence-corrected chi connectivity index (χ1v) is 7.91. The van der Waals surface area contributed by atoms with E-state index in [1.54, 1.807) is 0 Å². The molecule has 3 nitrogen and oxygen atoms in total. The van der Waals surface area contributed by atoms with Crippen LogP contribution in [0.3, 0.4) is 0 Å². The zero-order valence-corrected chi connectivity index (χ0v) is 13.3. The molecule has 0 atom stereocenters. The minimum absolute atomic E-state index is 0.199. The molecule has 0 unspecified atom stereocenters. The summed E-state index contributed by atoms with van der Waals surface area (Å²) in [5, 5.41) is 0. The molecule has 0 N–H and O–H groups in total. The lowest BCUT2D eigenvalue weighted by atomic mass is 10.2. The fourth-order valence-corrected chi connectivity index (χ4v) is 1.95. The van der Waals surface area contributed by atoms with Crippen LogP contribution in [0.1, 0.15) is 45.1 Å². The van der Waals surface area contributed by atoms with Crippen molar-refractivity contribution < 1.29 is 9.53 Å². The highest BCUT2D eigenvalue weighted by molar-refractivity contribution is 5.67. The molecule has 1 rings (SSSR count). The Morgan fingerprint density at radius 3 is 2.29 bits per heavy atom. The van der Waals surface area contributed by atoms with Gasteiger partial charge in [-0.15, -0.1) is 0 Å². The third-order valence-corrected chi connectivity index (χ3v) is 3.23. The third-order valence-electron chi connectivity index (χ3n) is 3.23. The fraction of sp³-hybridized carbons (Fsp3) is 0.500. The molecule has 3 heteroatoms. The first kappa shape index (κ1) is 17.3. The molecule has 1 amide bonds. The number of benzene rings is 1. The molecule has 0 aliphatic carbocycles. The topological polar surface area (TPSA) is 29.5 Å². The number of carbonyl (C=O) groups is 1. The van der Waals surface area contributed by atoms with E-state index in [4.69, 9.17) is 4.74 Å². The van der Waals surface area contributed by atoms with Crippen molar-refractivity contribution in [2.45, 2.75) is 39.5 Å². The average molecular weight is 289 g/mol. The summed E-state index contributed by atoms with van der Waals surface area (Å²) in [6, 6.07) is 10.0. The maximum Gasteiger partial charge on any atom is 0.410 e. The van der Waals surface area contributed by atoms with Gasteiger partial charge in [0, 0.05) is 13.1 Å². The van der Waals surface area contributed by atoms with Gasteiger partial charge in [-0.3, -0.25) is 0 Å². The van der Waals surface area contributed by atoms with E-state index in [0.29, 0.717) is 6.61 Å². The Kier molecular flexibility index (Phi) is 9.01. The van der Waals surface area contributed by atoms with Crippen LogP contribution in [0, 0.1) is 0 Å². The molecule has 1 aromatic rings. The number of carbonyl (C=O) groups excluding carboxylic acids is 1. The highest BCUT2D eigenvalue weighted by Gasteiger charge is 2.12. The number of hydrogen-bond donors (Lipinski definition) is 0. The molecule has 0 saturated carbocycles. The molecule has 0 saturated heterocycles. The fourth-order valence-electron chi connectivity index (χ4n) is 1.95. The molecule has 116 valence electrons. The number of ether oxygens (including phenoxy) is 1. The standard InChI is InChI=1S/C18H27NO2/c1-3-5-14-19(15-6-4-2)18(20)21-16-10-13-17-11-8-7-9-12-17/h7-13H,3-6,14-16H2,1-2H3/b13-10+. The zero-order chi connectivity index (χ0) is 15.3. The summed E-state index contributed by atoms with van der Waals surface area (Å²) in [4.78, 5) is 13.9. The second-order valence-electron chi connectivity index (χ2n) is 5.08. The normalized spacial score (nSPS) is 10.8. The minimum Gasteiger partial charge on any atom is -0.445 e. The van der Waals surface area contributed by atoms with E-state index >= 15 is 0 Å². The van der Waals surface area contributed by atoms with Gasteiger partial charge in [-0.2, -0.15) is 0 Å². The Labute approximate surface area is 128 Å². The number of nitrogens with zero attached hydrogens (tertiary/aromatic N) is 1. The average Bonchev–Trinajstić information content (AvgIpc) is 2.52. The van der Waals surface area contributed by atoms with Crippen LogP contribution < -0.4 is 0 Å². The monoisotopic (exact) mass is 289 g/mol. The smallest absolute Gasteiger partial charge is 0.410 e. The second kappa shape index (κ2) is 11.0. The predicted octanol–water partition coefficient (Wildman–Crippen LogP) is 4.74. The van der Waals surface area contributed by atoms with Gasteiger partial charge in [0.05, 0.1) is 0 Å². The molecule has 0 spiro atoms. The summed E-state index contributed by atoms with van der Waals surface area (Å²) in [7, 11) is 0. The third kappa shape index (κ3) is 7.54. The van der Waals surface area contributed by atoms with Crippen molar-refractivity contribution in [3.63, 3.8) is 0 Å². The quantitative estimate of drug-likeness (QED) is 0.657. The number of hydrogen-bond acceptors (Lipinski definition) is 2. The van der Waals surface area contributed by atoms with Crippen LogP contribution >= 0.6 is 0 Å². The van der Waals surface area contributed by atoms with Gasteiger partial charge in [-0.1, -0.05) is 63.1 Å². The first-order valence-electron chi connectivity index (χ1n) is 7.91. The van der Waals surface area contributed by atoms with Gasteiger partial charge in [0.15, 0.2) is 0 Å². The largest absolute Gasteiger partial charge is 0.445 e. The van der Waals surface area contributed by atoms with Crippen molar-refractivity contribution in [3.8, 4) is 0 Å². The molecular formula is C18H27NO2. The van der Waals surface area contributed by atoms with Crippen molar-refractivity contribution in [2.24, 2.45) is 0 Å². The van der Waals surface area contributed by atoms with Crippen LogP contribution in [0.2, 0.25) is 0 Å². The van der Waals surface area contributed by atoms with Gasteiger partial charge in [-0.05, 0) is 24.5 Å². The summed E-state index contributed by atoms with van der Waals surface area (Å²) in [6.07, 6.45) is 7.88. The van der Waals surface area contributed by atoms with E-state index in [0.717, 1.165) is 44.3 Å². The van der Waals surface area contributed by atoms with Crippen LogP contribution in [0.5, 0.6) is 0 Å². The number of rotatable bonds is 9. The van der Waals surface area contributed by atoms with Crippen molar-refractivity contribution in [1.82, 2.24) is 4.90 Å². The molecule has 0 aliphatic rings. The molecule has 0 heterocycles. The van der Waals surface area contributed by atoms with Crippen LogP contribution in [0.25, 0.3) is 6.08 Å². The first-order chi connectivity index (χ1) is 10.3. The molecule has 0 aromatic heterocycles. The van der Waals surface area contributed by atoms with E-state index in [1.807, 2.05) is 47.4 Å². The summed E-state index contributed by atoms with van der Waals surface area (Å²) in [5.74, 6) is 0. The molecular weight excluding hydrogens is 262 g/mol. The Balaban J connectivity index is 2.36. The lowest BCUT2D eigenvalue weighted by molar-refractivity contribution is 0.111. The van der Waals surface area contributed by atoms with E-state index < -0.39 is 0 Å². The van der Waals surface area contributed by atoms with Gasteiger partial charge in [0.2, 0.25) is 0 Å². The van der Waals surface area contributed by atoms with Crippen LogP contribution in [0.15, 0.2) is 36.4 Å². The van der Waals surface area contributed by atoms with Gasteiger partial charge in [0.1, 0.15) is 6.61 Å². The van der Waals surface area contributed by atoms with Gasteiger partial charge < -0.3 is 9.64 Å². The SMILES string of the molecule is CCCCN(CCCC)C(=O)OC/C=C/c1ccccc1. The molecule has 1 aromatic carbocycles. The maximum absolute atomic E-state index is 12.0. The second-order valence-corrected chi connectivity index (χ2v) is 5.08. The number of amides is 1. The zero-order valence-electron chi connectivity index (χ0n) is 13.3. The van der Waals surface area contributed by atoms with Crippen LogP contribution in [-0.4, -0.2) is 30.7 Å². The Morgan fingerprint density at radius 2 is 1.71 bits per heavy atom. The highest BCUT2D eigenvalue weighted by Crippen LogP contribution is 2.04. The lowest BCUT2D eigenvalue weighted by Gasteiger charge is -2.21. The van der Waals surface area contributed by atoms with Crippen molar-refractivity contribution in [3.05, 3.63) is 42.0 Å². The summed E-state index contributed by atoms with van der Waals surface area (Å²) in [6.45, 7) is 6.16. The van der Waals surface area contributed by atoms with Crippen molar-refractivity contribution >= 4 is 12.2 Å². The minimum atomic E-state index is -0.199. The van der Waals surface area contributed by atoms with Crippen LogP contribution in [0.4, 0.5) is 4.79 Å². The van der Waals surface area contributed by atoms with Crippen molar-refractivity contribution in [2.75, 3.05) is 19.7 Å². The summed E-state index contributed by atoms with van der Waals surface area (Å²) in [5.41, 5.74) is 1.11. The number of unbranched alkanes of at least 4 members (excludes halogenated alkanes) is 2. The van der Waals surface area contributed by atoms with Gasteiger partial charge in [-0.25, -0.2) is 4.79 Å². The Hall–Kier alpha value is -1.77. The van der Waals surface area contributed by atoms with E-state index in [2.05, 4.69) is 13.8 Å². The predicted molar refractivity (Wildman–Crippen MR) is 88.2 cm³/mol. The Bertz CT molecular complexity index is 406. The lowest BCUT2D eigenvalue weighted by Crippen LogP contribution is -2.33. The van der Waals surface area contributed by atoms with E-state index in [1.165, 1.54) is 0 Å². The van der Waals surface area contributed by atoms with E-state index in [-0.39, 0.29) is 6.09 Å². The van der Waals surface area contributed by atoms with Crippen molar-refractivity contribution in [1.29, 1.82) is 0 Å². The maximum atomic E-state index is 12.0. The summed E-state index contributed by atoms with van der Waals surface area (Å²) >= 11 is 0. The Morgan fingerprint density at radius 1 is 1.10 bits per heavy atom. The van der Waals surface area contributed by atoms with Gasteiger partial charge >= 0.3 is 6.09 Å². The van der Waals surface area contributed by atoms with Gasteiger partial charge in [0.25, 0.3) is 0 Å². The highest BCUT2D eigenvalue weighted by atomic mass is 16.6. The molecule has 0 bridgehead atoms. The molecule has 0 radical (unpaired) electrons. The summed E-state index contributed by atoms with van der Waals surface area (Å²) < 4.78 is 5.32. The van der Waals surface area contributed by atoms with Crippen LogP contribution in [-0.2, 0) is 4.74 Å². The molecule has 21 heavy (non-hydrogen) atoms.